The van der Waals surface area contributed by atoms with Gasteiger partial charge in [0, 0.05) is 18.2 Å². The maximum atomic E-state index is 12.6. The minimum absolute atomic E-state index is 0.154. The van der Waals surface area contributed by atoms with Crippen LogP contribution < -0.4 is 0 Å². The molecule has 1 heterocycles. The van der Waals surface area contributed by atoms with Crippen LogP contribution in [0.15, 0.2) is 23.1 Å². The van der Waals surface area contributed by atoms with Crippen LogP contribution in [0.4, 0.5) is 0 Å². The van der Waals surface area contributed by atoms with E-state index in [1.165, 1.54) is 10.4 Å². The number of nitrogens with zero attached hydrogens (tertiary/aromatic N) is 1. The minimum atomic E-state index is -3.58. The van der Waals surface area contributed by atoms with Crippen molar-refractivity contribution >= 4 is 10.0 Å². The summed E-state index contributed by atoms with van der Waals surface area (Å²) in [6.45, 7) is 1.84. The van der Waals surface area contributed by atoms with Crippen LogP contribution in [-0.4, -0.2) is 48.7 Å². The Labute approximate surface area is 125 Å². The van der Waals surface area contributed by atoms with Crippen molar-refractivity contribution in [3.8, 4) is 11.8 Å². The molecule has 0 saturated carbocycles. The highest BCUT2D eigenvalue weighted by Gasteiger charge is 2.34. The van der Waals surface area contributed by atoms with Crippen molar-refractivity contribution in [1.82, 2.24) is 4.31 Å². The van der Waals surface area contributed by atoms with Crippen LogP contribution in [-0.2, 0) is 10.0 Å². The molecule has 21 heavy (non-hydrogen) atoms. The molecule has 0 aliphatic carbocycles. The Hall–Kier alpha value is -1.39. The number of aliphatic hydroxyl groups is 2. The number of hydrogen-bond acceptors (Lipinski definition) is 4. The molecule has 2 N–H and O–H groups in total. The summed E-state index contributed by atoms with van der Waals surface area (Å²) >= 11 is 0. The summed E-state index contributed by atoms with van der Waals surface area (Å²) in [5, 5.41) is 18.0. The Bertz CT molecular complexity index is 673. The first-order valence-electron chi connectivity index (χ1n) is 6.83. The van der Waals surface area contributed by atoms with E-state index in [4.69, 9.17) is 5.11 Å². The highest BCUT2D eigenvalue weighted by molar-refractivity contribution is 7.89. The molecule has 1 aromatic carbocycles. The Morgan fingerprint density at radius 1 is 1.38 bits per heavy atom. The van der Waals surface area contributed by atoms with E-state index in [9.17, 15) is 13.5 Å². The van der Waals surface area contributed by atoms with Gasteiger partial charge in [0.1, 0.15) is 6.61 Å². The smallest absolute Gasteiger partial charge is 0.243 e. The van der Waals surface area contributed by atoms with E-state index < -0.39 is 10.0 Å². The van der Waals surface area contributed by atoms with Gasteiger partial charge in [-0.2, -0.15) is 4.31 Å². The average Bonchev–Trinajstić information content (AvgIpc) is 2.95. The van der Waals surface area contributed by atoms with E-state index in [0.29, 0.717) is 18.5 Å². The van der Waals surface area contributed by atoms with Gasteiger partial charge in [-0.25, -0.2) is 8.42 Å². The van der Waals surface area contributed by atoms with Crippen LogP contribution in [0.3, 0.4) is 0 Å². The summed E-state index contributed by atoms with van der Waals surface area (Å²) in [5.74, 6) is 5.33. The second-order valence-electron chi connectivity index (χ2n) is 5.03. The first-order valence-corrected chi connectivity index (χ1v) is 8.28. The van der Waals surface area contributed by atoms with Gasteiger partial charge >= 0.3 is 0 Å². The van der Waals surface area contributed by atoms with E-state index in [1.54, 1.807) is 19.1 Å². The molecule has 0 spiro atoms. The molecule has 1 aliphatic heterocycles. The molecule has 114 valence electrons. The normalized spacial score (nSPS) is 19.3. The van der Waals surface area contributed by atoms with Gasteiger partial charge in [-0.3, -0.25) is 0 Å². The second-order valence-corrected chi connectivity index (χ2v) is 6.92. The summed E-state index contributed by atoms with van der Waals surface area (Å²) in [5.41, 5.74) is 1.44. The van der Waals surface area contributed by atoms with E-state index in [-0.39, 0.29) is 24.2 Å². The van der Waals surface area contributed by atoms with Gasteiger partial charge < -0.3 is 10.2 Å². The zero-order valence-corrected chi connectivity index (χ0v) is 12.7. The fraction of sp³-hybridized carbons (Fsp3) is 0.467. The molecule has 1 saturated heterocycles. The lowest BCUT2D eigenvalue weighted by molar-refractivity contribution is 0.213. The van der Waals surface area contributed by atoms with Crippen LogP contribution in [0.2, 0.25) is 0 Å². The molecule has 1 unspecified atom stereocenters. The molecule has 1 aromatic rings. The van der Waals surface area contributed by atoms with Crippen LogP contribution >= 0.6 is 0 Å². The number of hydrogen-bond donors (Lipinski definition) is 2. The van der Waals surface area contributed by atoms with Crippen molar-refractivity contribution < 1.29 is 18.6 Å². The van der Waals surface area contributed by atoms with Gasteiger partial charge in [0.15, 0.2) is 0 Å². The molecule has 1 aliphatic rings. The van der Waals surface area contributed by atoms with Gasteiger partial charge in [0.05, 0.1) is 11.5 Å². The molecule has 0 bridgehead atoms. The zero-order valence-electron chi connectivity index (χ0n) is 11.9. The highest BCUT2D eigenvalue weighted by atomic mass is 32.2. The highest BCUT2D eigenvalue weighted by Crippen LogP contribution is 2.26. The quantitative estimate of drug-likeness (QED) is 0.796. The molecule has 0 radical (unpaired) electrons. The number of aliphatic hydroxyl groups excluding tert-OH is 2. The van der Waals surface area contributed by atoms with Crippen LogP contribution in [0.25, 0.3) is 0 Å². The summed E-state index contributed by atoms with van der Waals surface area (Å²) in [6.07, 6.45) is 1.46. The number of sulfonamides is 1. The van der Waals surface area contributed by atoms with E-state index in [2.05, 4.69) is 11.8 Å². The third kappa shape index (κ3) is 3.27. The topological polar surface area (TPSA) is 77.8 Å². The molecular formula is C15H19NO4S. The maximum Gasteiger partial charge on any atom is 0.243 e. The monoisotopic (exact) mass is 309 g/mol. The first-order chi connectivity index (χ1) is 10.0. The molecule has 1 atom stereocenters. The molecule has 2 rings (SSSR count). The van der Waals surface area contributed by atoms with E-state index in [1.807, 2.05) is 0 Å². The molecule has 1 fully saturated rings. The predicted molar refractivity (Wildman–Crippen MR) is 79.1 cm³/mol. The summed E-state index contributed by atoms with van der Waals surface area (Å²) < 4.78 is 26.6. The Morgan fingerprint density at radius 2 is 2.14 bits per heavy atom. The Balaban J connectivity index is 2.35. The first kappa shape index (κ1) is 16.0. The molecular weight excluding hydrogens is 290 g/mol. The lowest BCUT2D eigenvalue weighted by Crippen LogP contribution is -2.37. The molecule has 6 heteroatoms. The van der Waals surface area contributed by atoms with Crippen LogP contribution in [0, 0.1) is 18.8 Å². The summed E-state index contributed by atoms with van der Waals surface area (Å²) in [4.78, 5) is 0.217. The van der Waals surface area contributed by atoms with Gasteiger partial charge in [-0.1, -0.05) is 11.8 Å². The largest absolute Gasteiger partial charge is 0.395 e. The predicted octanol–water partition coefficient (Wildman–Crippen LogP) is 0.484. The fourth-order valence-corrected chi connectivity index (χ4v) is 4.29. The second kappa shape index (κ2) is 6.58. The van der Waals surface area contributed by atoms with E-state index in [0.717, 1.165) is 12.0 Å². The number of benzene rings is 1. The third-order valence-electron chi connectivity index (χ3n) is 3.64. The van der Waals surface area contributed by atoms with Crippen molar-refractivity contribution in [3.63, 3.8) is 0 Å². The van der Waals surface area contributed by atoms with Crippen LogP contribution in [0.5, 0.6) is 0 Å². The third-order valence-corrected chi connectivity index (χ3v) is 5.59. The fourth-order valence-electron chi connectivity index (χ4n) is 2.52. The maximum absolute atomic E-state index is 12.6. The van der Waals surface area contributed by atoms with Crippen molar-refractivity contribution in [2.45, 2.75) is 30.7 Å². The Kier molecular flexibility index (Phi) is 5.01. The zero-order chi connectivity index (χ0) is 15.5. The van der Waals surface area contributed by atoms with Gasteiger partial charge in [-0.05, 0) is 43.5 Å². The molecule has 0 amide bonds. The minimum Gasteiger partial charge on any atom is -0.395 e. The van der Waals surface area contributed by atoms with Crippen LogP contribution in [0.1, 0.15) is 24.0 Å². The number of aryl methyl sites for hydroxylation is 1. The molecule has 5 nitrogen and oxygen atoms in total. The van der Waals surface area contributed by atoms with Gasteiger partial charge in [0.25, 0.3) is 0 Å². The van der Waals surface area contributed by atoms with Crippen molar-refractivity contribution in [2.75, 3.05) is 19.8 Å². The van der Waals surface area contributed by atoms with Gasteiger partial charge in [-0.15, -0.1) is 0 Å². The van der Waals surface area contributed by atoms with Crippen molar-refractivity contribution in [1.29, 1.82) is 0 Å². The van der Waals surface area contributed by atoms with Crippen molar-refractivity contribution in [3.05, 3.63) is 29.3 Å². The summed E-state index contributed by atoms with van der Waals surface area (Å²) in [6, 6.07) is 4.43. The lowest BCUT2D eigenvalue weighted by atomic mass is 10.1. The standard InChI is InChI=1S/C15H19NO4S/c1-12-10-15(7-6-13(12)4-3-9-17)21(19,20)16-8-2-5-14(16)11-18/h6-7,10,14,17-18H,2,5,8-9,11H2,1H3. The lowest BCUT2D eigenvalue weighted by Gasteiger charge is -2.22. The van der Waals surface area contributed by atoms with E-state index >= 15 is 0 Å². The SMILES string of the molecule is Cc1cc(S(=O)(=O)N2CCCC2CO)ccc1C#CCO. The summed E-state index contributed by atoms with van der Waals surface area (Å²) in [7, 11) is -3.58. The van der Waals surface area contributed by atoms with Crippen molar-refractivity contribution in [2.24, 2.45) is 0 Å². The molecule has 0 aromatic heterocycles. The van der Waals surface area contributed by atoms with Gasteiger partial charge in [0.2, 0.25) is 10.0 Å². The number of rotatable bonds is 3. The average molecular weight is 309 g/mol. The Morgan fingerprint density at radius 3 is 2.76 bits per heavy atom.